The van der Waals surface area contributed by atoms with E-state index in [1.807, 2.05) is 6.07 Å². The number of aryl methyl sites for hydroxylation is 1. The van der Waals surface area contributed by atoms with Crippen molar-refractivity contribution >= 4 is 28.6 Å². The van der Waals surface area contributed by atoms with Gasteiger partial charge >= 0.3 is 0 Å². The molecule has 5 N–H and O–H groups in total. The van der Waals surface area contributed by atoms with Crippen LogP contribution in [-0.2, 0) is 13.0 Å². The lowest BCUT2D eigenvalue weighted by atomic mass is 10.1. The lowest BCUT2D eigenvalue weighted by Crippen LogP contribution is -2.14. The van der Waals surface area contributed by atoms with Gasteiger partial charge in [0.15, 0.2) is 0 Å². The van der Waals surface area contributed by atoms with Crippen LogP contribution in [0.25, 0.3) is 0 Å². The van der Waals surface area contributed by atoms with E-state index >= 15 is 0 Å². The number of rotatable bonds is 5. The van der Waals surface area contributed by atoms with Gasteiger partial charge in [0, 0.05) is 27.7 Å². The Morgan fingerprint density at radius 3 is 2.63 bits per heavy atom. The quantitative estimate of drug-likeness (QED) is 0.734. The third-order valence-corrected chi connectivity index (χ3v) is 4.08. The van der Waals surface area contributed by atoms with Crippen molar-refractivity contribution in [2.24, 2.45) is 5.73 Å². The van der Waals surface area contributed by atoms with Crippen LogP contribution in [0.15, 0.2) is 30.3 Å². The molecule has 2 rings (SSSR count). The minimum atomic E-state index is -0.509. The number of carbonyl (C=O) groups is 1. The summed E-state index contributed by atoms with van der Waals surface area (Å²) in [6.45, 7) is 2.87. The van der Waals surface area contributed by atoms with Crippen molar-refractivity contribution in [1.82, 2.24) is 0 Å². The molecule has 0 aliphatic carbocycles. The maximum absolute atomic E-state index is 11.2. The molecule has 0 saturated heterocycles. The summed E-state index contributed by atoms with van der Waals surface area (Å²) in [5.41, 5.74) is 12.6. The van der Waals surface area contributed by atoms with Gasteiger partial charge in [0.05, 0.1) is 5.56 Å². The average Bonchev–Trinajstić information content (AvgIpc) is 2.85. The third-order valence-electron chi connectivity index (χ3n) is 2.85. The summed E-state index contributed by atoms with van der Waals surface area (Å²) in [7, 11) is 0. The fraction of sp³-hybridized carbons (Fsp3) is 0.214. The largest absolute Gasteiger partial charge is 0.398 e. The van der Waals surface area contributed by atoms with Crippen LogP contribution >= 0.6 is 11.3 Å². The predicted octanol–water partition coefficient (Wildman–Crippen LogP) is 2.60. The maximum Gasteiger partial charge on any atom is 0.250 e. The number of primary amides is 1. The summed E-state index contributed by atoms with van der Waals surface area (Å²) >= 11 is 1.79. The van der Waals surface area contributed by atoms with E-state index in [1.54, 1.807) is 23.5 Å². The second-order valence-corrected chi connectivity index (χ2v) is 5.49. The van der Waals surface area contributed by atoms with Gasteiger partial charge in [-0.3, -0.25) is 4.79 Å². The van der Waals surface area contributed by atoms with E-state index in [9.17, 15) is 4.79 Å². The average molecular weight is 275 g/mol. The highest BCUT2D eigenvalue weighted by molar-refractivity contribution is 7.12. The maximum atomic E-state index is 11.2. The molecule has 5 heteroatoms. The molecule has 100 valence electrons. The van der Waals surface area contributed by atoms with Crippen LogP contribution in [0.1, 0.15) is 27.0 Å². The van der Waals surface area contributed by atoms with E-state index in [4.69, 9.17) is 11.5 Å². The van der Waals surface area contributed by atoms with Gasteiger partial charge in [-0.2, -0.15) is 0 Å². The lowest BCUT2D eigenvalue weighted by molar-refractivity contribution is 0.100. The number of thiophene rings is 1. The molecule has 1 aromatic heterocycles. The SMILES string of the molecule is CCc1ccc(CNc2ccc(N)c(C(N)=O)c2)s1. The predicted molar refractivity (Wildman–Crippen MR) is 80.4 cm³/mol. The standard InChI is InChI=1S/C14H17N3OS/c1-2-10-4-5-11(19-10)8-17-9-3-6-13(15)12(7-9)14(16)18/h3-7,17H,2,8,15H2,1H3,(H2,16,18). The van der Waals surface area contributed by atoms with Crippen LogP contribution < -0.4 is 16.8 Å². The minimum absolute atomic E-state index is 0.352. The highest BCUT2D eigenvalue weighted by Crippen LogP contribution is 2.21. The molecule has 0 aliphatic rings. The second kappa shape index (κ2) is 5.75. The van der Waals surface area contributed by atoms with Crippen molar-refractivity contribution in [3.63, 3.8) is 0 Å². The van der Waals surface area contributed by atoms with E-state index < -0.39 is 5.91 Å². The first-order chi connectivity index (χ1) is 9.10. The first-order valence-corrected chi connectivity index (χ1v) is 6.92. The van der Waals surface area contributed by atoms with Gasteiger partial charge in [-0.1, -0.05) is 6.92 Å². The van der Waals surface area contributed by atoms with Crippen molar-refractivity contribution in [3.8, 4) is 0 Å². The Balaban J connectivity index is 2.07. The van der Waals surface area contributed by atoms with E-state index in [0.717, 1.165) is 18.7 Å². The van der Waals surface area contributed by atoms with Crippen molar-refractivity contribution in [3.05, 3.63) is 45.6 Å². The van der Waals surface area contributed by atoms with Crippen LogP contribution in [0.2, 0.25) is 0 Å². The number of carbonyl (C=O) groups excluding carboxylic acids is 1. The normalized spacial score (nSPS) is 10.4. The molecule has 4 nitrogen and oxygen atoms in total. The first-order valence-electron chi connectivity index (χ1n) is 6.11. The van der Waals surface area contributed by atoms with Crippen LogP contribution in [0, 0.1) is 0 Å². The molecule has 0 atom stereocenters. The fourth-order valence-electron chi connectivity index (χ4n) is 1.78. The number of nitrogen functional groups attached to an aromatic ring is 1. The summed E-state index contributed by atoms with van der Waals surface area (Å²) in [5, 5.41) is 3.27. The summed E-state index contributed by atoms with van der Waals surface area (Å²) in [5.74, 6) is -0.509. The molecule has 0 fully saturated rings. The minimum Gasteiger partial charge on any atom is -0.398 e. The van der Waals surface area contributed by atoms with Gasteiger partial charge in [-0.25, -0.2) is 0 Å². The van der Waals surface area contributed by atoms with Crippen LogP contribution in [0.4, 0.5) is 11.4 Å². The molecule has 0 saturated carbocycles. The molecule has 0 unspecified atom stereocenters. The smallest absolute Gasteiger partial charge is 0.250 e. The van der Waals surface area contributed by atoms with Crippen molar-refractivity contribution in [1.29, 1.82) is 0 Å². The van der Waals surface area contributed by atoms with Crippen LogP contribution in [-0.4, -0.2) is 5.91 Å². The van der Waals surface area contributed by atoms with Crippen molar-refractivity contribution < 1.29 is 4.79 Å². The third kappa shape index (κ3) is 3.26. The highest BCUT2D eigenvalue weighted by Gasteiger charge is 2.06. The highest BCUT2D eigenvalue weighted by atomic mass is 32.1. The van der Waals surface area contributed by atoms with Gasteiger partial charge in [0.1, 0.15) is 0 Å². The summed E-state index contributed by atoms with van der Waals surface area (Å²) in [6, 6.07) is 9.47. The molecule has 0 aliphatic heterocycles. The van der Waals surface area contributed by atoms with Gasteiger partial charge in [0.25, 0.3) is 5.91 Å². The molecule has 0 spiro atoms. The van der Waals surface area contributed by atoms with E-state index in [2.05, 4.69) is 24.4 Å². The zero-order valence-electron chi connectivity index (χ0n) is 10.8. The Kier molecular flexibility index (Phi) is 4.06. The molecule has 1 amide bonds. The molecule has 1 heterocycles. The lowest BCUT2D eigenvalue weighted by Gasteiger charge is -2.08. The number of anilines is 2. The zero-order valence-corrected chi connectivity index (χ0v) is 11.6. The fourth-order valence-corrected chi connectivity index (χ4v) is 2.67. The first kappa shape index (κ1) is 13.4. The monoisotopic (exact) mass is 275 g/mol. The Morgan fingerprint density at radius 1 is 1.26 bits per heavy atom. The number of hydrogen-bond donors (Lipinski definition) is 3. The number of nitrogens with two attached hydrogens (primary N) is 2. The molecule has 19 heavy (non-hydrogen) atoms. The van der Waals surface area contributed by atoms with Gasteiger partial charge in [-0.05, 0) is 36.8 Å². The van der Waals surface area contributed by atoms with Crippen LogP contribution in [0.5, 0.6) is 0 Å². The van der Waals surface area contributed by atoms with Crippen molar-refractivity contribution in [2.45, 2.75) is 19.9 Å². The topological polar surface area (TPSA) is 81.1 Å². The Bertz CT molecular complexity index is 592. The summed E-state index contributed by atoms with van der Waals surface area (Å²) < 4.78 is 0. The Morgan fingerprint density at radius 2 is 2.00 bits per heavy atom. The Hall–Kier alpha value is -2.01. The molecular weight excluding hydrogens is 258 g/mol. The number of benzene rings is 1. The molecule has 2 aromatic rings. The number of amides is 1. The molecular formula is C14H17N3OS. The molecule has 0 radical (unpaired) electrons. The van der Waals surface area contributed by atoms with E-state index in [-0.39, 0.29) is 0 Å². The zero-order chi connectivity index (χ0) is 13.8. The van der Waals surface area contributed by atoms with Gasteiger partial charge in [0.2, 0.25) is 0 Å². The number of nitrogens with one attached hydrogen (secondary N) is 1. The number of hydrogen-bond acceptors (Lipinski definition) is 4. The summed E-state index contributed by atoms with van der Waals surface area (Å²) in [6.07, 6.45) is 1.05. The molecule has 0 bridgehead atoms. The van der Waals surface area contributed by atoms with Gasteiger partial charge in [-0.15, -0.1) is 11.3 Å². The molecule has 1 aromatic carbocycles. The van der Waals surface area contributed by atoms with E-state index in [0.29, 0.717) is 11.3 Å². The van der Waals surface area contributed by atoms with Gasteiger partial charge < -0.3 is 16.8 Å². The second-order valence-electron chi connectivity index (χ2n) is 4.24. The van der Waals surface area contributed by atoms with Crippen molar-refractivity contribution in [2.75, 3.05) is 11.1 Å². The summed E-state index contributed by atoms with van der Waals surface area (Å²) in [4.78, 5) is 13.8. The van der Waals surface area contributed by atoms with E-state index in [1.165, 1.54) is 9.75 Å². The Labute approximate surface area is 116 Å². The van der Waals surface area contributed by atoms with Crippen LogP contribution in [0.3, 0.4) is 0 Å².